The SMILES string of the molecule is Cl.NC1CCCC(Oc2sncc2NC(=O)c2ccc(F)c(-c3c(F)cccc3F)n2)C1. The fourth-order valence-electron chi connectivity index (χ4n) is 3.49. The number of amides is 1. The van der Waals surface area contributed by atoms with Crippen LogP contribution >= 0.6 is 23.9 Å². The minimum Gasteiger partial charge on any atom is -0.478 e. The average molecular weight is 485 g/mol. The molecule has 2 heterocycles. The topological polar surface area (TPSA) is 90.1 Å². The molecule has 1 aliphatic carbocycles. The van der Waals surface area contributed by atoms with Gasteiger partial charge in [0.05, 0.1) is 11.8 Å². The Morgan fingerprint density at radius 1 is 1.12 bits per heavy atom. The third kappa shape index (κ3) is 5.20. The second kappa shape index (κ2) is 10.3. The standard InChI is InChI=1S/C21H19F3N4O2S.ClH/c22-13-5-2-6-14(23)18(13)19-15(24)7-8-16(27-19)20(29)28-17-10-26-31-21(17)30-12-4-1-3-11(25)9-12;/h2,5-8,10-12H,1,3-4,9,25H2,(H,28,29);1H. The number of halogens is 4. The first-order valence-corrected chi connectivity index (χ1v) is 10.5. The summed E-state index contributed by atoms with van der Waals surface area (Å²) in [5.41, 5.74) is 4.89. The van der Waals surface area contributed by atoms with Gasteiger partial charge >= 0.3 is 0 Å². The number of pyridine rings is 1. The number of rotatable bonds is 5. The Hall–Kier alpha value is -2.69. The van der Waals surface area contributed by atoms with Crippen molar-refractivity contribution < 1.29 is 22.7 Å². The fourth-order valence-corrected chi connectivity index (χ4v) is 4.13. The van der Waals surface area contributed by atoms with Crippen molar-refractivity contribution in [2.45, 2.75) is 37.8 Å². The summed E-state index contributed by atoms with van der Waals surface area (Å²) in [6, 6.07) is 5.29. The molecule has 1 fully saturated rings. The molecule has 170 valence electrons. The first kappa shape index (κ1) is 24.0. The van der Waals surface area contributed by atoms with Gasteiger partial charge in [-0.3, -0.25) is 4.79 Å². The molecule has 6 nitrogen and oxygen atoms in total. The zero-order valence-corrected chi connectivity index (χ0v) is 18.3. The number of hydrogen-bond acceptors (Lipinski definition) is 6. The summed E-state index contributed by atoms with van der Waals surface area (Å²) in [4.78, 5) is 16.5. The highest BCUT2D eigenvalue weighted by molar-refractivity contribution is 7.08. The van der Waals surface area contributed by atoms with Gasteiger partial charge < -0.3 is 15.8 Å². The van der Waals surface area contributed by atoms with E-state index in [1.807, 2.05) is 0 Å². The van der Waals surface area contributed by atoms with Crippen molar-refractivity contribution >= 4 is 35.5 Å². The molecule has 4 rings (SSSR count). The number of carbonyl (C=O) groups excluding carboxylic acids is 1. The number of aromatic nitrogens is 2. The van der Waals surface area contributed by atoms with Crippen molar-refractivity contribution in [1.29, 1.82) is 0 Å². The first-order valence-electron chi connectivity index (χ1n) is 9.71. The zero-order valence-electron chi connectivity index (χ0n) is 16.7. The van der Waals surface area contributed by atoms with E-state index in [0.717, 1.165) is 61.1 Å². The van der Waals surface area contributed by atoms with Crippen LogP contribution in [0.4, 0.5) is 18.9 Å². The van der Waals surface area contributed by atoms with Crippen LogP contribution in [0.2, 0.25) is 0 Å². The third-order valence-electron chi connectivity index (χ3n) is 5.00. The van der Waals surface area contributed by atoms with Crippen LogP contribution in [0.25, 0.3) is 11.3 Å². The number of hydrogen-bond donors (Lipinski definition) is 2. The minimum atomic E-state index is -0.979. The van der Waals surface area contributed by atoms with Gasteiger partial charge in [-0.05, 0) is 49.9 Å². The Labute approximate surface area is 192 Å². The van der Waals surface area contributed by atoms with Crippen LogP contribution in [0.15, 0.2) is 36.5 Å². The fraction of sp³-hybridized carbons (Fsp3) is 0.286. The highest BCUT2D eigenvalue weighted by Crippen LogP contribution is 2.33. The molecule has 2 atom stereocenters. The highest BCUT2D eigenvalue weighted by atomic mass is 35.5. The molecule has 0 bridgehead atoms. The van der Waals surface area contributed by atoms with Gasteiger partial charge in [0.15, 0.2) is 0 Å². The van der Waals surface area contributed by atoms with E-state index in [2.05, 4.69) is 14.7 Å². The molecule has 1 aromatic carbocycles. The van der Waals surface area contributed by atoms with Crippen molar-refractivity contribution in [3.8, 4) is 16.3 Å². The molecular weight excluding hydrogens is 465 g/mol. The van der Waals surface area contributed by atoms with Crippen molar-refractivity contribution in [3.05, 3.63) is 59.7 Å². The van der Waals surface area contributed by atoms with Gasteiger partial charge in [-0.1, -0.05) is 6.07 Å². The number of nitrogens with zero attached hydrogens (tertiary/aromatic N) is 2. The van der Waals surface area contributed by atoms with Gasteiger partial charge in [-0.25, -0.2) is 18.2 Å². The molecule has 2 unspecified atom stereocenters. The van der Waals surface area contributed by atoms with E-state index in [9.17, 15) is 18.0 Å². The first-order chi connectivity index (χ1) is 14.9. The van der Waals surface area contributed by atoms with E-state index in [1.54, 1.807) is 0 Å². The summed E-state index contributed by atoms with van der Waals surface area (Å²) in [5.74, 6) is -3.60. The van der Waals surface area contributed by atoms with Gasteiger partial charge in [0.25, 0.3) is 5.91 Å². The van der Waals surface area contributed by atoms with Crippen molar-refractivity contribution in [1.82, 2.24) is 9.36 Å². The Kier molecular flexibility index (Phi) is 7.70. The average Bonchev–Trinajstić information content (AvgIpc) is 3.15. The lowest BCUT2D eigenvalue weighted by atomic mass is 9.94. The molecule has 2 aromatic heterocycles. The highest BCUT2D eigenvalue weighted by Gasteiger charge is 2.24. The van der Waals surface area contributed by atoms with Crippen LogP contribution < -0.4 is 15.8 Å². The quantitative estimate of drug-likeness (QED) is 0.535. The molecule has 1 saturated carbocycles. The van der Waals surface area contributed by atoms with E-state index in [1.165, 1.54) is 6.20 Å². The Morgan fingerprint density at radius 2 is 1.88 bits per heavy atom. The largest absolute Gasteiger partial charge is 0.478 e. The second-order valence-electron chi connectivity index (χ2n) is 7.27. The Bertz CT molecular complexity index is 1090. The molecule has 1 amide bonds. The van der Waals surface area contributed by atoms with Gasteiger partial charge in [0, 0.05) is 17.6 Å². The van der Waals surface area contributed by atoms with Crippen molar-refractivity contribution in [2.75, 3.05) is 5.32 Å². The summed E-state index contributed by atoms with van der Waals surface area (Å²) in [6.07, 6.45) is 4.84. The van der Waals surface area contributed by atoms with Gasteiger partial charge in [0.1, 0.15) is 40.6 Å². The molecule has 0 aliphatic heterocycles. The zero-order chi connectivity index (χ0) is 22.0. The maximum Gasteiger partial charge on any atom is 0.274 e. The number of benzene rings is 1. The second-order valence-corrected chi connectivity index (χ2v) is 8.04. The number of nitrogens with two attached hydrogens (primary N) is 1. The predicted molar refractivity (Wildman–Crippen MR) is 118 cm³/mol. The van der Waals surface area contributed by atoms with Crippen molar-refractivity contribution in [3.63, 3.8) is 0 Å². The molecule has 3 aromatic rings. The van der Waals surface area contributed by atoms with Gasteiger partial charge in [-0.2, -0.15) is 4.37 Å². The predicted octanol–water partition coefficient (Wildman–Crippen LogP) is 4.95. The van der Waals surface area contributed by atoms with Crippen LogP contribution in [-0.4, -0.2) is 27.4 Å². The number of nitrogens with one attached hydrogen (secondary N) is 1. The molecular formula is C21H20ClF3N4O2S. The van der Waals surface area contributed by atoms with E-state index in [0.29, 0.717) is 17.2 Å². The van der Waals surface area contributed by atoms with Gasteiger partial charge in [0.2, 0.25) is 5.06 Å². The maximum absolute atomic E-state index is 14.2. The monoisotopic (exact) mass is 484 g/mol. The normalized spacial score (nSPS) is 18.0. The van der Waals surface area contributed by atoms with E-state index in [-0.39, 0.29) is 30.2 Å². The van der Waals surface area contributed by atoms with E-state index < -0.39 is 34.6 Å². The summed E-state index contributed by atoms with van der Waals surface area (Å²) >= 11 is 1.08. The summed E-state index contributed by atoms with van der Waals surface area (Å²) in [7, 11) is 0. The van der Waals surface area contributed by atoms with Crippen molar-refractivity contribution in [2.24, 2.45) is 5.73 Å². The number of carbonyl (C=O) groups is 1. The number of anilines is 1. The van der Waals surface area contributed by atoms with Crippen LogP contribution in [-0.2, 0) is 0 Å². The molecule has 32 heavy (non-hydrogen) atoms. The number of ether oxygens (including phenoxy) is 1. The lowest BCUT2D eigenvalue weighted by molar-refractivity contribution is 0.102. The maximum atomic E-state index is 14.2. The Morgan fingerprint density at radius 3 is 2.59 bits per heavy atom. The summed E-state index contributed by atoms with van der Waals surface area (Å²) in [5, 5.41) is 3.04. The summed E-state index contributed by atoms with van der Waals surface area (Å²) in [6.45, 7) is 0. The Balaban J connectivity index is 0.00000289. The van der Waals surface area contributed by atoms with E-state index >= 15 is 0 Å². The smallest absolute Gasteiger partial charge is 0.274 e. The molecule has 0 saturated heterocycles. The van der Waals surface area contributed by atoms with Crippen LogP contribution in [0.3, 0.4) is 0 Å². The van der Waals surface area contributed by atoms with Crippen LogP contribution in [0.5, 0.6) is 5.06 Å². The van der Waals surface area contributed by atoms with Gasteiger partial charge in [-0.15, -0.1) is 12.4 Å². The lowest BCUT2D eigenvalue weighted by Gasteiger charge is -2.26. The van der Waals surface area contributed by atoms with Crippen LogP contribution in [0, 0.1) is 17.5 Å². The molecule has 0 radical (unpaired) electrons. The lowest BCUT2D eigenvalue weighted by Crippen LogP contribution is -2.33. The summed E-state index contributed by atoms with van der Waals surface area (Å²) < 4.78 is 52.4. The molecule has 0 spiro atoms. The molecule has 11 heteroatoms. The molecule has 1 aliphatic rings. The minimum absolute atomic E-state index is 0. The van der Waals surface area contributed by atoms with Crippen LogP contribution in [0.1, 0.15) is 36.2 Å². The third-order valence-corrected chi connectivity index (χ3v) is 5.70. The van der Waals surface area contributed by atoms with E-state index in [4.69, 9.17) is 10.5 Å². The molecule has 3 N–H and O–H groups in total.